The quantitative estimate of drug-likeness (QED) is 0.455. The van der Waals surface area contributed by atoms with Gasteiger partial charge in [-0.2, -0.15) is 0 Å². The van der Waals surface area contributed by atoms with Crippen molar-refractivity contribution in [1.29, 1.82) is 0 Å². The fourth-order valence-corrected chi connectivity index (χ4v) is 5.11. The number of thiocarbonyl (C=S) groups is 1. The van der Waals surface area contributed by atoms with Gasteiger partial charge in [0.15, 0.2) is 0 Å². The maximum absolute atomic E-state index is 12.8. The first-order chi connectivity index (χ1) is 12.6. The largest absolute Gasteiger partial charge is 0.457 e. The highest BCUT2D eigenvalue weighted by Gasteiger charge is 2.37. The van der Waals surface area contributed by atoms with Gasteiger partial charge in [0.2, 0.25) is 0 Å². The van der Waals surface area contributed by atoms with Crippen molar-refractivity contribution in [2.45, 2.75) is 38.1 Å². The van der Waals surface area contributed by atoms with E-state index in [2.05, 4.69) is 0 Å². The van der Waals surface area contributed by atoms with Crippen molar-refractivity contribution in [2.24, 2.45) is 0 Å². The van der Waals surface area contributed by atoms with Crippen molar-refractivity contribution in [3.05, 3.63) is 52.1 Å². The van der Waals surface area contributed by atoms with Crippen LogP contribution in [0.25, 0.3) is 17.4 Å². The fourth-order valence-electron chi connectivity index (χ4n) is 3.50. The molecular formula is C20H18ClNO2S2. The number of furan rings is 1. The molecule has 2 fully saturated rings. The van der Waals surface area contributed by atoms with Gasteiger partial charge in [0.05, 0.1) is 9.93 Å². The minimum absolute atomic E-state index is 0.00240. The lowest BCUT2D eigenvalue weighted by Gasteiger charge is -2.29. The Labute approximate surface area is 167 Å². The van der Waals surface area contributed by atoms with Crippen molar-refractivity contribution in [3.63, 3.8) is 0 Å². The van der Waals surface area contributed by atoms with E-state index < -0.39 is 0 Å². The summed E-state index contributed by atoms with van der Waals surface area (Å²) in [5, 5.41) is 0.636. The molecule has 0 radical (unpaired) electrons. The Hall–Kier alpha value is -1.56. The number of rotatable bonds is 3. The maximum Gasteiger partial charge on any atom is 0.266 e. The van der Waals surface area contributed by atoms with Crippen LogP contribution in [0.15, 0.2) is 45.7 Å². The first-order valence-corrected chi connectivity index (χ1v) is 10.4. The molecule has 6 heteroatoms. The van der Waals surface area contributed by atoms with E-state index in [1.54, 1.807) is 6.08 Å². The summed E-state index contributed by atoms with van der Waals surface area (Å²) in [4.78, 5) is 15.3. The van der Waals surface area contributed by atoms with Gasteiger partial charge in [0.25, 0.3) is 5.91 Å². The summed E-state index contributed by atoms with van der Waals surface area (Å²) in [6.45, 7) is 0. The lowest BCUT2D eigenvalue weighted by atomic mass is 9.94. The standard InChI is InChI=1S/C20H18ClNO2S2/c21-16-9-5-4-8-15(16)17-11-10-14(24-17)12-18-19(23)22(20(25)26-18)13-6-2-1-3-7-13/h4-5,8-13H,1-3,6-7H2/b18-12+. The smallest absolute Gasteiger partial charge is 0.266 e. The molecule has 0 unspecified atom stereocenters. The Morgan fingerprint density at radius 2 is 1.92 bits per heavy atom. The molecule has 1 amide bonds. The Bertz CT molecular complexity index is 883. The molecule has 1 aliphatic heterocycles. The third-order valence-corrected chi connectivity index (χ3v) is 6.46. The van der Waals surface area contributed by atoms with E-state index in [1.807, 2.05) is 41.3 Å². The number of hydrogen-bond donors (Lipinski definition) is 0. The van der Waals surface area contributed by atoms with Crippen molar-refractivity contribution in [3.8, 4) is 11.3 Å². The molecule has 26 heavy (non-hydrogen) atoms. The second kappa shape index (κ2) is 7.59. The predicted octanol–water partition coefficient (Wildman–Crippen LogP) is 6.13. The molecular weight excluding hydrogens is 386 g/mol. The van der Waals surface area contributed by atoms with Crippen LogP contribution in [-0.2, 0) is 4.79 Å². The van der Waals surface area contributed by atoms with Crippen LogP contribution in [0.2, 0.25) is 5.02 Å². The third-order valence-electron chi connectivity index (χ3n) is 4.80. The van der Waals surface area contributed by atoms with E-state index in [0.29, 0.717) is 25.8 Å². The Morgan fingerprint density at radius 3 is 2.69 bits per heavy atom. The van der Waals surface area contributed by atoms with Crippen LogP contribution in [0.1, 0.15) is 37.9 Å². The summed E-state index contributed by atoms with van der Waals surface area (Å²) < 4.78 is 6.55. The summed E-state index contributed by atoms with van der Waals surface area (Å²) in [5.74, 6) is 1.32. The van der Waals surface area contributed by atoms with Crippen molar-refractivity contribution >= 4 is 51.9 Å². The number of carbonyl (C=O) groups is 1. The molecule has 0 bridgehead atoms. The van der Waals surface area contributed by atoms with E-state index >= 15 is 0 Å². The Balaban J connectivity index is 1.56. The molecule has 134 valence electrons. The molecule has 1 aliphatic carbocycles. The van der Waals surface area contributed by atoms with E-state index in [4.69, 9.17) is 28.2 Å². The summed E-state index contributed by atoms with van der Waals surface area (Å²) in [5.41, 5.74) is 0.837. The molecule has 1 aromatic heterocycles. The van der Waals surface area contributed by atoms with Gasteiger partial charge in [-0.05, 0) is 37.1 Å². The highest BCUT2D eigenvalue weighted by molar-refractivity contribution is 8.26. The van der Waals surface area contributed by atoms with Gasteiger partial charge in [-0.25, -0.2) is 0 Å². The predicted molar refractivity (Wildman–Crippen MR) is 111 cm³/mol. The minimum Gasteiger partial charge on any atom is -0.457 e. The second-order valence-corrected chi connectivity index (χ2v) is 8.61. The lowest BCUT2D eigenvalue weighted by molar-refractivity contribution is -0.124. The monoisotopic (exact) mass is 403 g/mol. The number of nitrogens with zero attached hydrogens (tertiary/aromatic N) is 1. The summed E-state index contributed by atoms with van der Waals surface area (Å²) >= 11 is 13.1. The second-order valence-electron chi connectivity index (χ2n) is 6.53. The van der Waals surface area contributed by atoms with Crippen LogP contribution >= 0.6 is 35.6 Å². The molecule has 0 atom stereocenters. The van der Waals surface area contributed by atoms with Gasteiger partial charge in [-0.3, -0.25) is 9.69 Å². The number of carbonyl (C=O) groups excluding carboxylic acids is 1. The van der Waals surface area contributed by atoms with E-state index in [-0.39, 0.29) is 11.9 Å². The number of hydrogen-bond acceptors (Lipinski definition) is 4. The van der Waals surface area contributed by atoms with Gasteiger partial charge < -0.3 is 4.42 Å². The SMILES string of the molecule is O=C1/C(=C\c2ccc(-c3ccccc3Cl)o2)SC(=S)N1C1CCCCC1. The molecule has 0 N–H and O–H groups in total. The first kappa shape index (κ1) is 17.8. The molecule has 0 spiro atoms. The van der Waals surface area contributed by atoms with Crippen LogP contribution < -0.4 is 0 Å². The number of thioether (sulfide) groups is 1. The highest BCUT2D eigenvalue weighted by atomic mass is 35.5. The number of halogens is 1. The minimum atomic E-state index is 0.00240. The average Bonchev–Trinajstić information content (AvgIpc) is 3.21. The van der Waals surface area contributed by atoms with Gasteiger partial charge >= 0.3 is 0 Å². The molecule has 2 heterocycles. The number of amides is 1. The third kappa shape index (κ3) is 3.48. The van der Waals surface area contributed by atoms with Crippen molar-refractivity contribution in [1.82, 2.24) is 4.90 Å². The zero-order valence-electron chi connectivity index (χ0n) is 14.1. The maximum atomic E-state index is 12.8. The summed E-state index contributed by atoms with van der Waals surface area (Å²) in [6, 6.07) is 11.5. The van der Waals surface area contributed by atoms with Gasteiger partial charge in [0.1, 0.15) is 15.8 Å². The van der Waals surface area contributed by atoms with Crippen LogP contribution in [0.4, 0.5) is 0 Å². The molecule has 2 aromatic rings. The first-order valence-electron chi connectivity index (χ1n) is 8.75. The van der Waals surface area contributed by atoms with E-state index in [9.17, 15) is 4.79 Å². The molecule has 1 saturated heterocycles. The lowest BCUT2D eigenvalue weighted by Crippen LogP contribution is -2.39. The van der Waals surface area contributed by atoms with Crippen LogP contribution in [0.3, 0.4) is 0 Å². The highest BCUT2D eigenvalue weighted by Crippen LogP contribution is 2.38. The molecule has 2 aliphatic rings. The zero-order valence-corrected chi connectivity index (χ0v) is 16.5. The Kier molecular flexibility index (Phi) is 5.20. The summed E-state index contributed by atoms with van der Waals surface area (Å²) in [6.07, 6.45) is 7.44. The molecule has 1 aromatic carbocycles. The molecule has 4 rings (SSSR count). The normalized spacial score (nSPS) is 20.3. The number of benzene rings is 1. The van der Waals surface area contributed by atoms with Gasteiger partial charge in [-0.1, -0.05) is 67.0 Å². The summed E-state index contributed by atoms with van der Waals surface area (Å²) in [7, 11) is 0. The molecule has 3 nitrogen and oxygen atoms in total. The van der Waals surface area contributed by atoms with Gasteiger partial charge in [-0.15, -0.1) is 0 Å². The van der Waals surface area contributed by atoms with Crippen LogP contribution in [0, 0.1) is 0 Å². The molecule has 1 saturated carbocycles. The van der Waals surface area contributed by atoms with Crippen molar-refractivity contribution < 1.29 is 9.21 Å². The topological polar surface area (TPSA) is 33.5 Å². The van der Waals surface area contributed by atoms with E-state index in [1.165, 1.54) is 31.0 Å². The Morgan fingerprint density at radius 1 is 1.15 bits per heavy atom. The van der Waals surface area contributed by atoms with Gasteiger partial charge in [0, 0.05) is 17.7 Å². The van der Waals surface area contributed by atoms with Crippen LogP contribution in [-0.4, -0.2) is 21.2 Å². The van der Waals surface area contributed by atoms with E-state index in [0.717, 1.165) is 18.4 Å². The van der Waals surface area contributed by atoms with Crippen LogP contribution in [0.5, 0.6) is 0 Å². The zero-order chi connectivity index (χ0) is 18.1. The van der Waals surface area contributed by atoms with Crippen molar-refractivity contribution in [2.75, 3.05) is 0 Å². The average molecular weight is 404 g/mol. The fraction of sp³-hybridized carbons (Fsp3) is 0.300.